The molecule has 0 amide bonds. The van der Waals surface area contributed by atoms with Gasteiger partial charge in [-0.25, -0.2) is 4.68 Å². The lowest BCUT2D eigenvalue weighted by Crippen LogP contribution is -2.29. The fourth-order valence-electron chi connectivity index (χ4n) is 2.70. The number of thiocarbonyl (C=S) groups is 1. The van der Waals surface area contributed by atoms with Crippen molar-refractivity contribution in [2.45, 2.75) is 33.5 Å². The van der Waals surface area contributed by atoms with Gasteiger partial charge in [0.25, 0.3) is 0 Å². The third-order valence-corrected chi connectivity index (χ3v) is 4.47. The van der Waals surface area contributed by atoms with Crippen LogP contribution in [0.4, 0.5) is 5.69 Å². The second kappa shape index (κ2) is 9.57. The molecule has 9 heteroatoms. The first-order valence-electron chi connectivity index (χ1n) is 8.96. The Morgan fingerprint density at radius 2 is 2.14 bits per heavy atom. The number of ether oxygens (including phenoxy) is 1. The topological polar surface area (TPSA) is 68.9 Å². The van der Waals surface area contributed by atoms with Crippen molar-refractivity contribution in [2.75, 3.05) is 11.9 Å². The summed E-state index contributed by atoms with van der Waals surface area (Å²) in [6.07, 6.45) is 4.45. The molecule has 0 atom stereocenters. The van der Waals surface area contributed by atoms with E-state index in [4.69, 9.17) is 28.6 Å². The molecule has 0 fully saturated rings. The Bertz CT molecular complexity index is 938. The Labute approximate surface area is 174 Å². The normalized spacial score (nSPS) is 10.7. The third kappa shape index (κ3) is 5.97. The van der Waals surface area contributed by atoms with Crippen LogP contribution in [0.15, 0.2) is 42.7 Å². The molecule has 0 bridgehead atoms. The summed E-state index contributed by atoms with van der Waals surface area (Å²) in [6.45, 7) is 5.96. The van der Waals surface area contributed by atoms with Crippen LogP contribution in [0.1, 0.15) is 17.8 Å². The molecule has 3 aromatic rings. The molecule has 0 aliphatic carbocycles. The van der Waals surface area contributed by atoms with Crippen LogP contribution in [-0.2, 0) is 13.3 Å². The molecule has 2 heterocycles. The monoisotopic (exact) mass is 418 g/mol. The van der Waals surface area contributed by atoms with Gasteiger partial charge in [-0.2, -0.15) is 10.2 Å². The fraction of sp³-hybridized carbons (Fsp3) is 0.316. The maximum Gasteiger partial charge on any atom is 0.180 e. The van der Waals surface area contributed by atoms with Gasteiger partial charge in [0.2, 0.25) is 0 Å². The number of halogens is 1. The van der Waals surface area contributed by atoms with Gasteiger partial charge < -0.3 is 15.4 Å². The zero-order valence-corrected chi connectivity index (χ0v) is 17.4. The Kier molecular flexibility index (Phi) is 6.89. The first-order chi connectivity index (χ1) is 13.5. The highest BCUT2D eigenvalue weighted by molar-refractivity contribution is 7.80. The number of hydrogen-bond acceptors (Lipinski definition) is 4. The van der Waals surface area contributed by atoms with Gasteiger partial charge in [0.1, 0.15) is 5.75 Å². The predicted octanol–water partition coefficient (Wildman–Crippen LogP) is 3.76. The molecule has 0 saturated carbocycles. The minimum absolute atomic E-state index is 0.283. The van der Waals surface area contributed by atoms with Crippen molar-refractivity contribution in [1.29, 1.82) is 0 Å². The van der Waals surface area contributed by atoms with E-state index in [0.717, 1.165) is 30.9 Å². The molecule has 3 rings (SSSR count). The summed E-state index contributed by atoms with van der Waals surface area (Å²) in [5, 5.41) is 16.2. The lowest BCUT2D eigenvalue weighted by atomic mass is 10.3. The van der Waals surface area contributed by atoms with Crippen molar-refractivity contribution in [3.05, 3.63) is 59.1 Å². The molecular formula is C19H23ClN6OS. The standard InChI is InChI=1S/C19H23ClN6OS/c1-14-9-15(2)26(24-14)8-4-7-21-19(28)23-17-11-22-25(12-17)13-27-18-6-3-5-16(20)10-18/h3,5-6,9-12H,4,7-8,13H2,1-2H3,(H2,21,23,28). The van der Waals surface area contributed by atoms with Gasteiger partial charge in [0, 0.05) is 23.8 Å². The summed E-state index contributed by atoms with van der Waals surface area (Å²) in [4.78, 5) is 0. The van der Waals surface area contributed by atoms with Gasteiger partial charge in [-0.3, -0.25) is 4.68 Å². The molecule has 2 N–H and O–H groups in total. The van der Waals surface area contributed by atoms with E-state index in [1.807, 2.05) is 29.9 Å². The summed E-state index contributed by atoms with van der Waals surface area (Å²) >= 11 is 11.3. The van der Waals surface area contributed by atoms with Crippen LogP contribution in [0.3, 0.4) is 0 Å². The molecule has 0 unspecified atom stereocenters. The van der Waals surface area contributed by atoms with Crippen molar-refractivity contribution < 1.29 is 4.74 Å². The second-order valence-corrected chi connectivity index (χ2v) is 7.23. The second-order valence-electron chi connectivity index (χ2n) is 6.38. The lowest BCUT2D eigenvalue weighted by molar-refractivity contribution is 0.221. The van der Waals surface area contributed by atoms with E-state index >= 15 is 0 Å². The van der Waals surface area contributed by atoms with Gasteiger partial charge in [-0.1, -0.05) is 17.7 Å². The van der Waals surface area contributed by atoms with Crippen LogP contribution in [-0.4, -0.2) is 31.2 Å². The van der Waals surface area contributed by atoms with E-state index in [1.165, 1.54) is 5.69 Å². The van der Waals surface area contributed by atoms with Gasteiger partial charge in [0.05, 0.1) is 23.8 Å². The maximum absolute atomic E-state index is 5.95. The highest BCUT2D eigenvalue weighted by Gasteiger charge is 2.03. The number of anilines is 1. The average molecular weight is 419 g/mol. The predicted molar refractivity (Wildman–Crippen MR) is 115 cm³/mol. The molecule has 2 aromatic heterocycles. The molecule has 0 aliphatic heterocycles. The summed E-state index contributed by atoms with van der Waals surface area (Å²) in [5.74, 6) is 0.692. The number of aromatic nitrogens is 4. The Balaban J connectivity index is 1.38. The SMILES string of the molecule is Cc1cc(C)n(CCCNC(=S)Nc2cnn(COc3cccc(Cl)c3)c2)n1. The van der Waals surface area contributed by atoms with Gasteiger partial charge in [-0.15, -0.1) is 0 Å². The van der Waals surface area contributed by atoms with E-state index < -0.39 is 0 Å². The molecule has 0 spiro atoms. The van der Waals surface area contributed by atoms with Gasteiger partial charge >= 0.3 is 0 Å². The zero-order valence-electron chi connectivity index (χ0n) is 15.9. The van der Waals surface area contributed by atoms with Gasteiger partial charge in [-0.05, 0) is 56.8 Å². The number of nitrogens with zero attached hydrogens (tertiary/aromatic N) is 4. The smallest absolute Gasteiger partial charge is 0.180 e. The molecule has 0 saturated heterocycles. The van der Waals surface area contributed by atoms with Crippen molar-refractivity contribution in [2.24, 2.45) is 0 Å². The van der Waals surface area contributed by atoms with Crippen LogP contribution >= 0.6 is 23.8 Å². The Hall–Kier alpha value is -2.58. The van der Waals surface area contributed by atoms with Crippen molar-refractivity contribution in [1.82, 2.24) is 24.9 Å². The van der Waals surface area contributed by atoms with E-state index in [-0.39, 0.29) is 6.73 Å². The average Bonchev–Trinajstić information content (AvgIpc) is 3.22. The van der Waals surface area contributed by atoms with E-state index in [1.54, 1.807) is 23.0 Å². The Morgan fingerprint density at radius 1 is 1.29 bits per heavy atom. The lowest BCUT2D eigenvalue weighted by Gasteiger charge is -2.09. The number of aryl methyl sites for hydroxylation is 3. The fourth-order valence-corrected chi connectivity index (χ4v) is 3.10. The van der Waals surface area contributed by atoms with Crippen LogP contribution in [0.2, 0.25) is 5.02 Å². The number of hydrogen-bond donors (Lipinski definition) is 2. The van der Waals surface area contributed by atoms with Crippen molar-refractivity contribution >= 4 is 34.6 Å². The summed E-state index contributed by atoms with van der Waals surface area (Å²) in [6, 6.07) is 9.32. The van der Waals surface area contributed by atoms with Crippen molar-refractivity contribution in [3.63, 3.8) is 0 Å². The van der Waals surface area contributed by atoms with Crippen LogP contribution in [0.25, 0.3) is 0 Å². The third-order valence-electron chi connectivity index (χ3n) is 3.99. The van der Waals surface area contributed by atoms with Crippen LogP contribution in [0.5, 0.6) is 5.75 Å². The minimum atomic E-state index is 0.283. The summed E-state index contributed by atoms with van der Waals surface area (Å²) < 4.78 is 9.34. The zero-order chi connectivity index (χ0) is 19.9. The van der Waals surface area contributed by atoms with E-state index in [2.05, 4.69) is 33.8 Å². The quantitative estimate of drug-likeness (QED) is 0.428. The molecule has 0 aliphatic rings. The minimum Gasteiger partial charge on any atom is -0.471 e. The molecule has 7 nitrogen and oxygen atoms in total. The van der Waals surface area contributed by atoms with Gasteiger partial charge in [0.15, 0.2) is 11.8 Å². The van der Waals surface area contributed by atoms with E-state index in [9.17, 15) is 0 Å². The van der Waals surface area contributed by atoms with Crippen molar-refractivity contribution in [3.8, 4) is 5.75 Å². The first kappa shape index (κ1) is 20.2. The van der Waals surface area contributed by atoms with Crippen LogP contribution in [0, 0.1) is 13.8 Å². The largest absolute Gasteiger partial charge is 0.471 e. The molecule has 148 valence electrons. The van der Waals surface area contributed by atoms with Crippen LogP contribution < -0.4 is 15.4 Å². The first-order valence-corrected chi connectivity index (χ1v) is 9.75. The highest BCUT2D eigenvalue weighted by Crippen LogP contribution is 2.17. The highest BCUT2D eigenvalue weighted by atomic mass is 35.5. The summed E-state index contributed by atoms with van der Waals surface area (Å²) in [7, 11) is 0. The molecule has 28 heavy (non-hydrogen) atoms. The molecular weight excluding hydrogens is 396 g/mol. The number of nitrogens with one attached hydrogen (secondary N) is 2. The Morgan fingerprint density at radius 3 is 2.89 bits per heavy atom. The molecule has 1 aromatic carbocycles. The maximum atomic E-state index is 5.95. The number of benzene rings is 1. The van der Waals surface area contributed by atoms with E-state index in [0.29, 0.717) is 15.9 Å². The number of rotatable bonds is 8. The summed E-state index contributed by atoms with van der Waals surface area (Å²) in [5.41, 5.74) is 3.01. The molecule has 0 radical (unpaired) electrons.